The summed E-state index contributed by atoms with van der Waals surface area (Å²) in [5.74, 6) is 1.63. The number of ether oxygens (including phenoxy) is 1. The Hall–Kier alpha value is -1.31. The van der Waals surface area contributed by atoms with Crippen LogP contribution in [0.15, 0.2) is 18.2 Å². The molecule has 0 saturated carbocycles. The molecule has 0 radical (unpaired) electrons. The third-order valence-electron chi connectivity index (χ3n) is 3.18. The van der Waals surface area contributed by atoms with E-state index < -0.39 is 0 Å². The minimum Gasteiger partial charge on any atom is -0.493 e. The maximum absolute atomic E-state index is 12.1. The van der Waals surface area contributed by atoms with Crippen molar-refractivity contribution in [2.45, 2.75) is 39.5 Å². The van der Waals surface area contributed by atoms with Crippen LogP contribution in [0.4, 0.5) is 0 Å². The minimum absolute atomic E-state index is 0.220. The predicted octanol–water partition coefficient (Wildman–Crippen LogP) is 3.63. The second kappa shape index (κ2) is 5.35. The van der Waals surface area contributed by atoms with Gasteiger partial charge < -0.3 is 4.74 Å². The summed E-state index contributed by atoms with van der Waals surface area (Å²) in [5, 5.41) is 0. The molecular weight excluding hydrogens is 212 g/mol. The lowest BCUT2D eigenvalue weighted by Crippen LogP contribution is -2.13. The van der Waals surface area contributed by atoms with Gasteiger partial charge in [0.05, 0.1) is 12.2 Å². The molecule has 1 aromatic carbocycles. The van der Waals surface area contributed by atoms with E-state index in [-0.39, 0.29) is 5.78 Å². The quantitative estimate of drug-likeness (QED) is 0.741. The van der Waals surface area contributed by atoms with Gasteiger partial charge in [-0.25, -0.2) is 0 Å². The van der Waals surface area contributed by atoms with Crippen molar-refractivity contribution in [1.29, 1.82) is 0 Å². The highest BCUT2D eigenvalue weighted by atomic mass is 16.5. The molecular formula is C15H20O2. The van der Waals surface area contributed by atoms with Crippen LogP contribution in [0.3, 0.4) is 0 Å². The van der Waals surface area contributed by atoms with Crippen LogP contribution >= 0.6 is 0 Å². The Labute approximate surface area is 103 Å². The van der Waals surface area contributed by atoms with Gasteiger partial charge in [0.15, 0.2) is 5.78 Å². The predicted molar refractivity (Wildman–Crippen MR) is 68.7 cm³/mol. The van der Waals surface area contributed by atoms with Crippen molar-refractivity contribution in [3.8, 4) is 5.75 Å². The number of hydrogen-bond acceptors (Lipinski definition) is 2. The van der Waals surface area contributed by atoms with E-state index in [9.17, 15) is 4.79 Å². The highest BCUT2D eigenvalue weighted by Crippen LogP contribution is 2.30. The smallest absolute Gasteiger partial charge is 0.166 e. The standard InChI is InChI=1S/C15H20O2/c1-11(2)8-9-14(16)13-7-3-5-12-6-4-10-17-15(12)13/h3,5,7,11H,4,6,8-10H2,1-2H3. The van der Waals surface area contributed by atoms with Gasteiger partial charge >= 0.3 is 0 Å². The molecule has 1 heterocycles. The van der Waals surface area contributed by atoms with Crippen LogP contribution in [0.25, 0.3) is 0 Å². The van der Waals surface area contributed by atoms with Gasteiger partial charge in [-0.15, -0.1) is 0 Å². The number of para-hydroxylation sites is 1. The van der Waals surface area contributed by atoms with Crippen LogP contribution in [0.2, 0.25) is 0 Å². The second-order valence-corrected chi connectivity index (χ2v) is 5.10. The van der Waals surface area contributed by atoms with E-state index in [1.807, 2.05) is 12.1 Å². The van der Waals surface area contributed by atoms with Crippen molar-refractivity contribution in [3.05, 3.63) is 29.3 Å². The van der Waals surface area contributed by atoms with Crippen LogP contribution in [0, 0.1) is 5.92 Å². The molecule has 1 aliphatic heterocycles. The molecule has 0 N–H and O–H groups in total. The molecule has 1 aromatic rings. The van der Waals surface area contributed by atoms with Gasteiger partial charge in [-0.05, 0) is 36.8 Å². The zero-order valence-electron chi connectivity index (χ0n) is 10.7. The molecule has 0 atom stereocenters. The van der Waals surface area contributed by atoms with Gasteiger partial charge in [0.2, 0.25) is 0 Å². The Kier molecular flexibility index (Phi) is 3.82. The maximum Gasteiger partial charge on any atom is 0.166 e. The first-order valence-corrected chi connectivity index (χ1v) is 6.46. The molecule has 2 heteroatoms. The summed E-state index contributed by atoms with van der Waals surface area (Å²) in [5.41, 5.74) is 1.97. The molecule has 0 aliphatic carbocycles. The Morgan fingerprint density at radius 1 is 1.41 bits per heavy atom. The third-order valence-corrected chi connectivity index (χ3v) is 3.18. The summed E-state index contributed by atoms with van der Waals surface area (Å²) >= 11 is 0. The van der Waals surface area contributed by atoms with Crippen molar-refractivity contribution in [1.82, 2.24) is 0 Å². The maximum atomic E-state index is 12.1. The van der Waals surface area contributed by atoms with Crippen LogP contribution in [-0.2, 0) is 6.42 Å². The number of Topliss-reactive ketones (excluding diaryl/α,β-unsaturated/α-hetero) is 1. The molecule has 0 unspecified atom stereocenters. The largest absolute Gasteiger partial charge is 0.493 e. The van der Waals surface area contributed by atoms with Crippen LogP contribution in [0.1, 0.15) is 49.0 Å². The van der Waals surface area contributed by atoms with Crippen molar-refractivity contribution in [2.75, 3.05) is 6.61 Å². The zero-order valence-corrected chi connectivity index (χ0v) is 10.7. The first-order valence-electron chi connectivity index (χ1n) is 6.46. The summed E-state index contributed by atoms with van der Waals surface area (Å²) < 4.78 is 5.66. The highest BCUT2D eigenvalue weighted by Gasteiger charge is 2.18. The molecule has 1 aliphatic rings. The molecule has 0 saturated heterocycles. The normalized spacial score (nSPS) is 14.3. The summed E-state index contributed by atoms with van der Waals surface area (Å²) in [6.07, 6.45) is 3.65. The number of aryl methyl sites for hydroxylation is 1. The topological polar surface area (TPSA) is 26.3 Å². The lowest BCUT2D eigenvalue weighted by atomic mass is 9.96. The number of rotatable bonds is 4. The van der Waals surface area contributed by atoms with Crippen LogP contribution in [-0.4, -0.2) is 12.4 Å². The van der Waals surface area contributed by atoms with E-state index in [1.54, 1.807) is 0 Å². The van der Waals surface area contributed by atoms with Gasteiger partial charge in [-0.3, -0.25) is 4.79 Å². The van der Waals surface area contributed by atoms with E-state index in [0.717, 1.165) is 37.2 Å². The number of carbonyl (C=O) groups excluding carboxylic acids is 1. The van der Waals surface area contributed by atoms with Gasteiger partial charge in [0.25, 0.3) is 0 Å². The number of benzene rings is 1. The average molecular weight is 232 g/mol. The molecule has 0 fully saturated rings. The molecule has 0 amide bonds. The van der Waals surface area contributed by atoms with Gasteiger partial charge in [-0.1, -0.05) is 26.0 Å². The minimum atomic E-state index is 0.220. The number of carbonyl (C=O) groups is 1. The second-order valence-electron chi connectivity index (χ2n) is 5.10. The SMILES string of the molecule is CC(C)CCC(=O)c1cccc2c1OCCC2. The monoisotopic (exact) mass is 232 g/mol. The molecule has 2 rings (SSSR count). The van der Waals surface area contributed by atoms with Crippen molar-refractivity contribution < 1.29 is 9.53 Å². The zero-order chi connectivity index (χ0) is 12.3. The lowest BCUT2D eigenvalue weighted by molar-refractivity contribution is 0.0970. The Morgan fingerprint density at radius 3 is 3.00 bits per heavy atom. The van der Waals surface area contributed by atoms with E-state index in [4.69, 9.17) is 4.74 Å². The number of fused-ring (bicyclic) bond motifs is 1. The fourth-order valence-electron chi connectivity index (χ4n) is 2.16. The summed E-state index contributed by atoms with van der Waals surface area (Å²) in [6.45, 7) is 5.02. The highest BCUT2D eigenvalue weighted by molar-refractivity contribution is 5.99. The molecule has 0 aromatic heterocycles. The van der Waals surface area contributed by atoms with Crippen molar-refractivity contribution in [3.63, 3.8) is 0 Å². The molecule has 17 heavy (non-hydrogen) atoms. The molecule has 2 nitrogen and oxygen atoms in total. The molecule has 92 valence electrons. The van der Waals surface area contributed by atoms with E-state index in [1.165, 1.54) is 5.56 Å². The van der Waals surface area contributed by atoms with Crippen molar-refractivity contribution in [2.24, 2.45) is 5.92 Å². The summed E-state index contributed by atoms with van der Waals surface area (Å²) in [7, 11) is 0. The number of hydrogen-bond donors (Lipinski definition) is 0. The van der Waals surface area contributed by atoms with Crippen molar-refractivity contribution >= 4 is 5.78 Å². The van der Waals surface area contributed by atoms with E-state index >= 15 is 0 Å². The summed E-state index contributed by atoms with van der Waals surface area (Å²) in [6, 6.07) is 5.93. The average Bonchev–Trinajstić information content (AvgIpc) is 2.35. The third kappa shape index (κ3) is 2.87. The van der Waals surface area contributed by atoms with Crippen LogP contribution < -0.4 is 4.74 Å². The molecule has 0 bridgehead atoms. The first kappa shape index (κ1) is 12.2. The Bertz CT molecular complexity index is 407. The Balaban J connectivity index is 2.17. The fourth-order valence-corrected chi connectivity index (χ4v) is 2.16. The fraction of sp³-hybridized carbons (Fsp3) is 0.533. The van der Waals surface area contributed by atoms with Gasteiger partial charge in [0, 0.05) is 6.42 Å². The molecule has 0 spiro atoms. The van der Waals surface area contributed by atoms with Crippen LogP contribution in [0.5, 0.6) is 5.75 Å². The first-order chi connectivity index (χ1) is 8.18. The number of ketones is 1. The van der Waals surface area contributed by atoms with Gasteiger partial charge in [-0.2, -0.15) is 0 Å². The summed E-state index contributed by atoms with van der Waals surface area (Å²) in [4.78, 5) is 12.1. The Morgan fingerprint density at radius 2 is 2.24 bits per heavy atom. The van der Waals surface area contributed by atoms with Gasteiger partial charge in [0.1, 0.15) is 5.75 Å². The lowest BCUT2D eigenvalue weighted by Gasteiger charge is -2.19. The van der Waals surface area contributed by atoms with E-state index in [0.29, 0.717) is 12.3 Å². The van der Waals surface area contributed by atoms with E-state index in [2.05, 4.69) is 19.9 Å².